The van der Waals surface area contributed by atoms with Crippen molar-refractivity contribution >= 4 is 44.5 Å². The number of hydrazone groups is 1. The van der Waals surface area contributed by atoms with E-state index >= 15 is 0 Å². The molecular weight excluding hydrogens is 406 g/mol. The Hall–Kier alpha value is -2.86. The molecule has 0 unspecified atom stereocenters. The molecule has 3 rings (SSSR count). The van der Waals surface area contributed by atoms with Gasteiger partial charge >= 0.3 is 0 Å². The van der Waals surface area contributed by atoms with Gasteiger partial charge in [0.15, 0.2) is 0 Å². The van der Waals surface area contributed by atoms with Crippen molar-refractivity contribution in [3.8, 4) is 5.75 Å². The number of phenols is 1. The fourth-order valence-corrected chi connectivity index (χ4v) is 3.02. The van der Waals surface area contributed by atoms with Gasteiger partial charge in [0, 0.05) is 15.7 Å². The molecular formula is C21H20BrN3O2. The Labute approximate surface area is 166 Å². The molecule has 0 radical (unpaired) electrons. The molecule has 0 aliphatic heterocycles. The van der Waals surface area contributed by atoms with Gasteiger partial charge in [-0.3, -0.25) is 4.79 Å². The lowest BCUT2D eigenvalue weighted by molar-refractivity contribution is -0.121. The molecule has 1 atom stereocenters. The van der Waals surface area contributed by atoms with Crippen LogP contribution in [-0.4, -0.2) is 23.3 Å². The molecule has 0 aliphatic carbocycles. The number of fused-ring (bicyclic) bond motifs is 1. The third-order valence-corrected chi connectivity index (χ3v) is 4.75. The minimum atomic E-state index is -0.413. The van der Waals surface area contributed by atoms with Gasteiger partial charge in [0.25, 0.3) is 5.91 Å². The van der Waals surface area contributed by atoms with Gasteiger partial charge in [-0.05, 0) is 47.5 Å². The molecule has 27 heavy (non-hydrogen) atoms. The van der Waals surface area contributed by atoms with Crippen LogP contribution in [0.25, 0.3) is 10.8 Å². The SMILES string of the molecule is CC[C@H](Nc1ccc(Br)cc1)C(=O)N/N=C\c1c(O)ccc2ccccc12. The maximum atomic E-state index is 12.4. The summed E-state index contributed by atoms with van der Waals surface area (Å²) < 4.78 is 0.977. The van der Waals surface area contributed by atoms with E-state index in [9.17, 15) is 9.90 Å². The molecule has 0 aliphatic rings. The molecule has 0 fully saturated rings. The normalized spacial score (nSPS) is 12.2. The van der Waals surface area contributed by atoms with Crippen molar-refractivity contribution in [3.63, 3.8) is 0 Å². The van der Waals surface area contributed by atoms with Gasteiger partial charge in [-0.2, -0.15) is 5.10 Å². The van der Waals surface area contributed by atoms with Gasteiger partial charge in [0.2, 0.25) is 0 Å². The number of rotatable bonds is 6. The quantitative estimate of drug-likeness (QED) is 0.397. The molecule has 6 heteroatoms. The number of amides is 1. The molecule has 1 amide bonds. The third kappa shape index (κ3) is 4.65. The average Bonchev–Trinajstić information content (AvgIpc) is 2.69. The maximum Gasteiger partial charge on any atom is 0.262 e. The van der Waals surface area contributed by atoms with Gasteiger partial charge in [0.05, 0.1) is 6.21 Å². The Morgan fingerprint density at radius 3 is 2.63 bits per heavy atom. The summed E-state index contributed by atoms with van der Waals surface area (Å²) in [5.41, 5.74) is 3.98. The van der Waals surface area contributed by atoms with E-state index in [2.05, 4.69) is 31.8 Å². The Morgan fingerprint density at radius 2 is 1.89 bits per heavy atom. The summed E-state index contributed by atoms with van der Waals surface area (Å²) in [4.78, 5) is 12.4. The van der Waals surface area contributed by atoms with Gasteiger partial charge in [-0.1, -0.05) is 53.2 Å². The number of halogens is 1. The monoisotopic (exact) mass is 425 g/mol. The van der Waals surface area contributed by atoms with Crippen molar-refractivity contribution in [1.82, 2.24) is 5.43 Å². The number of benzene rings is 3. The second kappa shape index (κ2) is 8.68. The molecule has 0 spiro atoms. The molecule has 3 aromatic carbocycles. The van der Waals surface area contributed by atoms with Crippen LogP contribution in [0.3, 0.4) is 0 Å². The summed E-state index contributed by atoms with van der Waals surface area (Å²) in [7, 11) is 0. The number of anilines is 1. The summed E-state index contributed by atoms with van der Waals surface area (Å²) in [6.07, 6.45) is 2.08. The lowest BCUT2D eigenvalue weighted by Crippen LogP contribution is -2.36. The van der Waals surface area contributed by atoms with E-state index < -0.39 is 6.04 Å². The zero-order chi connectivity index (χ0) is 19.2. The minimum Gasteiger partial charge on any atom is -0.507 e. The number of nitrogens with zero attached hydrogens (tertiary/aromatic N) is 1. The van der Waals surface area contributed by atoms with Crippen LogP contribution >= 0.6 is 15.9 Å². The molecule has 0 aromatic heterocycles. The summed E-state index contributed by atoms with van der Waals surface area (Å²) in [5.74, 6) is -0.122. The van der Waals surface area contributed by atoms with Crippen LogP contribution in [0.4, 0.5) is 5.69 Å². The van der Waals surface area contributed by atoms with E-state index in [1.165, 1.54) is 6.21 Å². The first-order valence-electron chi connectivity index (χ1n) is 8.64. The van der Waals surface area contributed by atoms with Gasteiger partial charge in [0.1, 0.15) is 11.8 Å². The highest BCUT2D eigenvalue weighted by Crippen LogP contribution is 2.25. The van der Waals surface area contributed by atoms with Crippen LogP contribution in [0, 0.1) is 0 Å². The molecule has 0 bridgehead atoms. The first-order chi connectivity index (χ1) is 13.1. The molecule has 138 valence electrons. The van der Waals surface area contributed by atoms with E-state index in [0.29, 0.717) is 12.0 Å². The molecule has 0 saturated carbocycles. The summed E-state index contributed by atoms with van der Waals surface area (Å²) in [6.45, 7) is 1.93. The van der Waals surface area contributed by atoms with Crippen LogP contribution in [0.15, 0.2) is 70.2 Å². The van der Waals surface area contributed by atoms with Gasteiger partial charge in [-0.15, -0.1) is 0 Å². The predicted molar refractivity (Wildman–Crippen MR) is 113 cm³/mol. The number of hydrogen-bond acceptors (Lipinski definition) is 4. The lowest BCUT2D eigenvalue weighted by atomic mass is 10.0. The first-order valence-corrected chi connectivity index (χ1v) is 9.43. The molecule has 3 N–H and O–H groups in total. The van der Waals surface area contributed by atoms with Crippen molar-refractivity contribution in [3.05, 3.63) is 70.7 Å². The molecule has 5 nitrogen and oxygen atoms in total. The molecule has 0 saturated heterocycles. The lowest BCUT2D eigenvalue weighted by Gasteiger charge is -2.16. The summed E-state index contributed by atoms with van der Waals surface area (Å²) in [5, 5.41) is 19.2. The largest absolute Gasteiger partial charge is 0.507 e. The number of aromatic hydroxyl groups is 1. The van der Waals surface area contributed by atoms with E-state index in [4.69, 9.17) is 0 Å². The maximum absolute atomic E-state index is 12.4. The van der Waals surface area contributed by atoms with Crippen molar-refractivity contribution in [2.24, 2.45) is 5.10 Å². The van der Waals surface area contributed by atoms with Crippen molar-refractivity contribution in [2.45, 2.75) is 19.4 Å². The highest BCUT2D eigenvalue weighted by atomic mass is 79.9. The number of hydrogen-bond donors (Lipinski definition) is 3. The predicted octanol–water partition coefficient (Wildman–Crippen LogP) is 4.65. The second-order valence-electron chi connectivity index (χ2n) is 6.07. The second-order valence-corrected chi connectivity index (χ2v) is 6.98. The highest BCUT2D eigenvalue weighted by Gasteiger charge is 2.15. The topological polar surface area (TPSA) is 73.7 Å². The summed E-state index contributed by atoms with van der Waals surface area (Å²) >= 11 is 3.39. The molecule has 0 heterocycles. The number of nitrogens with one attached hydrogen (secondary N) is 2. The van der Waals surface area contributed by atoms with E-state index in [1.807, 2.05) is 61.5 Å². The van der Waals surface area contributed by atoms with Gasteiger partial charge < -0.3 is 10.4 Å². The van der Waals surface area contributed by atoms with Crippen LogP contribution in [-0.2, 0) is 4.79 Å². The van der Waals surface area contributed by atoms with Gasteiger partial charge in [-0.25, -0.2) is 5.43 Å². The number of carbonyl (C=O) groups is 1. The van der Waals surface area contributed by atoms with Crippen molar-refractivity contribution in [2.75, 3.05) is 5.32 Å². The Balaban J connectivity index is 1.70. The average molecular weight is 426 g/mol. The first kappa shape index (κ1) is 18.9. The Bertz CT molecular complexity index is 971. The van der Waals surface area contributed by atoms with Crippen LogP contribution in [0.5, 0.6) is 5.75 Å². The minimum absolute atomic E-state index is 0.117. The number of phenolic OH excluding ortho intramolecular Hbond substituents is 1. The van der Waals surface area contributed by atoms with E-state index in [1.54, 1.807) is 6.07 Å². The Kier molecular flexibility index (Phi) is 6.08. The number of carbonyl (C=O) groups excluding carboxylic acids is 1. The smallest absolute Gasteiger partial charge is 0.262 e. The zero-order valence-corrected chi connectivity index (χ0v) is 16.4. The Morgan fingerprint density at radius 1 is 1.15 bits per heavy atom. The molecule has 3 aromatic rings. The highest BCUT2D eigenvalue weighted by molar-refractivity contribution is 9.10. The summed E-state index contributed by atoms with van der Waals surface area (Å²) in [6, 6.07) is 18.4. The fourth-order valence-electron chi connectivity index (χ4n) is 2.76. The van der Waals surface area contributed by atoms with Crippen molar-refractivity contribution < 1.29 is 9.90 Å². The van der Waals surface area contributed by atoms with E-state index in [-0.39, 0.29) is 11.7 Å². The third-order valence-electron chi connectivity index (χ3n) is 4.23. The van der Waals surface area contributed by atoms with Crippen molar-refractivity contribution in [1.29, 1.82) is 0 Å². The van der Waals surface area contributed by atoms with Crippen LogP contribution in [0.1, 0.15) is 18.9 Å². The van der Waals surface area contributed by atoms with Crippen LogP contribution in [0.2, 0.25) is 0 Å². The standard InChI is InChI=1S/C21H20BrN3O2/c1-2-19(24-16-10-8-15(22)9-11-16)21(27)25-23-13-18-17-6-4-3-5-14(17)7-12-20(18)26/h3-13,19,24,26H,2H2,1H3,(H,25,27)/b23-13-/t19-/m0/s1. The fraction of sp³-hybridized carbons (Fsp3) is 0.143. The van der Waals surface area contributed by atoms with E-state index in [0.717, 1.165) is 20.9 Å². The zero-order valence-electron chi connectivity index (χ0n) is 14.8. The van der Waals surface area contributed by atoms with Crippen LogP contribution < -0.4 is 10.7 Å².